The first-order valence-corrected chi connectivity index (χ1v) is 8.23. The lowest BCUT2D eigenvalue weighted by Crippen LogP contribution is -2.34. The van der Waals surface area contributed by atoms with Gasteiger partial charge in [0.25, 0.3) is 0 Å². The highest BCUT2D eigenvalue weighted by Crippen LogP contribution is 2.48. The Bertz CT molecular complexity index is 694. The van der Waals surface area contributed by atoms with Crippen LogP contribution in [0.2, 0.25) is 0 Å². The standard InChI is InChI=1S/C21H23FO/c1-15(2)16-11-13-21(14-12-16,17-7-9-18(23)10-8-17)19-5-3-4-6-20(19)22/h3-10,16,23H,1,11-14H2,2H3. The number of allylic oxidation sites excluding steroid dienone is 1. The van der Waals surface area contributed by atoms with E-state index in [1.807, 2.05) is 24.3 Å². The lowest BCUT2D eigenvalue weighted by Gasteiger charge is -2.41. The first kappa shape index (κ1) is 15.8. The van der Waals surface area contributed by atoms with Crippen LogP contribution < -0.4 is 0 Å². The number of phenols is 1. The summed E-state index contributed by atoms with van der Waals surface area (Å²) >= 11 is 0. The third-order valence-electron chi connectivity index (χ3n) is 5.35. The van der Waals surface area contributed by atoms with E-state index in [0.29, 0.717) is 5.92 Å². The van der Waals surface area contributed by atoms with Gasteiger partial charge in [-0.05, 0) is 67.9 Å². The van der Waals surface area contributed by atoms with Gasteiger partial charge in [-0.2, -0.15) is 0 Å². The molecule has 1 nitrogen and oxygen atoms in total. The predicted octanol–water partition coefficient (Wildman–Crippen LogP) is 5.58. The van der Waals surface area contributed by atoms with Crippen molar-refractivity contribution in [2.24, 2.45) is 5.92 Å². The molecule has 1 saturated carbocycles. The van der Waals surface area contributed by atoms with Gasteiger partial charge in [0.15, 0.2) is 0 Å². The number of hydrogen-bond donors (Lipinski definition) is 1. The summed E-state index contributed by atoms with van der Waals surface area (Å²) in [6.45, 7) is 6.18. The molecular weight excluding hydrogens is 287 g/mol. The molecule has 1 fully saturated rings. The summed E-state index contributed by atoms with van der Waals surface area (Å²) < 4.78 is 14.6. The van der Waals surface area contributed by atoms with Gasteiger partial charge in [0, 0.05) is 5.41 Å². The Kier molecular flexibility index (Phi) is 4.25. The summed E-state index contributed by atoms with van der Waals surface area (Å²) in [6.07, 6.45) is 3.83. The third-order valence-corrected chi connectivity index (χ3v) is 5.35. The number of hydrogen-bond acceptors (Lipinski definition) is 1. The second-order valence-corrected chi connectivity index (χ2v) is 6.73. The zero-order valence-corrected chi connectivity index (χ0v) is 13.6. The van der Waals surface area contributed by atoms with Crippen molar-refractivity contribution in [1.29, 1.82) is 0 Å². The first-order chi connectivity index (χ1) is 11.0. The summed E-state index contributed by atoms with van der Waals surface area (Å²) in [4.78, 5) is 0. The molecule has 0 heterocycles. The second kappa shape index (κ2) is 6.19. The van der Waals surface area contributed by atoms with E-state index < -0.39 is 0 Å². The third kappa shape index (κ3) is 2.90. The fourth-order valence-electron chi connectivity index (χ4n) is 3.95. The molecule has 0 bridgehead atoms. The second-order valence-electron chi connectivity index (χ2n) is 6.73. The lowest BCUT2D eigenvalue weighted by molar-refractivity contribution is 0.284. The van der Waals surface area contributed by atoms with Gasteiger partial charge in [0.1, 0.15) is 11.6 Å². The first-order valence-electron chi connectivity index (χ1n) is 8.23. The van der Waals surface area contributed by atoms with Crippen LogP contribution in [0.5, 0.6) is 5.75 Å². The zero-order chi connectivity index (χ0) is 16.4. The zero-order valence-electron chi connectivity index (χ0n) is 13.6. The summed E-state index contributed by atoms with van der Waals surface area (Å²) in [5.74, 6) is 0.620. The normalized spacial score (nSPS) is 24.3. The average molecular weight is 310 g/mol. The lowest BCUT2D eigenvalue weighted by atomic mass is 9.62. The van der Waals surface area contributed by atoms with Crippen molar-refractivity contribution in [1.82, 2.24) is 0 Å². The van der Waals surface area contributed by atoms with Crippen molar-refractivity contribution < 1.29 is 9.50 Å². The molecule has 23 heavy (non-hydrogen) atoms. The van der Waals surface area contributed by atoms with Crippen LogP contribution in [0.3, 0.4) is 0 Å². The largest absolute Gasteiger partial charge is 0.508 e. The molecule has 0 unspecified atom stereocenters. The maximum Gasteiger partial charge on any atom is 0.127 e. The molecule has 0 atom stereocenters. The predicted molar refractivity (Wildman–Crippen MR) is 92.1 cm³/mol. The van der Waals surface area contributed by atoms with Gasteiger partial charge in [0.2, 0.25) is 0 Å². The summed E-state index contributed by atoms with van der Waals surface area (Å²) in [7, 11) is 0. The highest BCUT2D eigenvalue weighted by molar-refractivity contribution is 5.42. The van der Waals surface area contributed by atoms with E-state index in [1.165, 1.54) is 5.57 Å². The highest BCUT2D eigenvalue weighted by Gasteiger charge is 2.40. The Morgan fingerprint density at radius 3 is 2.26 bits per heavy atom. The Morgan fingerprint density at radius 1 is 1.09 bits per heavy atom. The smallest absolute Gasteiger partial charge is 0.127 e. The Labute approximate surface area is 137 Å². The molecule has 2 aromatic rings. The highest BCUT2D eigenvalue weighted by atomic mass is 19.1. The fourth-order valence-corrected chi connectivity index (χ4v) is 3.95. The van der Waals surface area contributed by atoms with Crippen molar-refractivity contribution in [3.05, 3.63) is 77.6 Å². The van der Waals surface area contributed by atoms with E-state index in [2.05, 4.69) is 13.5 Å². The SMILES string of the molecule is C=C(C)C1CCC(c2ccc(O)cc2)(c2ccccc2F)CC1. The molecule has 1 N–H and O–H groups in total. The molecule has 3 rings (SSSR count). The molecule has 120 valence electrons. The van der Waals surface area contributed by atoms with Crippen LogP contribution in [0.1, 0.15) is 43.7 Å². The van der Waals surface area contributed by atoms with Crippen LogP contribution in [0.4, 0.5) is 4.39 Å². The van der Waals surface area contributed by atoms with E-state index in [0.717, 1.165) is 36.8 Å². The minimum absolute atomic E-state index is 0.144. The quantitative estimate of drug-likeness (QED) is 0.733. The molecule has 1 aliphatic carbocycles. The summed E-state index contributed by atoms with van der Waals surface area (Å²) in [6, 6.07) is 14.4. The van der Waals surface area contributed by atoms with Gasteiger partial charge >= 0.3 is 0 Å². The van der Waals surface area contributed by atoms with Gasteiger partial charge in [-0.15, -0.1) is 0 Å². The minimum Gasteiger partial charge on any atom is -0.508 e. The van der Waals surface area contributed by atoms with Crippen molar-refractivity contribution in [3.63, 3.8) is 0 Å². The minimum atomic E-state index is -0.314. The maximum atomic E-state index is 14.6. The van der Waals surface area contributed by atoms with E-state index >= 15 is 0 Å². The van der Waals surface area contributed by atoms with Crippen molar-refractivity contribution in [2.75, 3.05) is 0 Å². The molecule has 0 saturated heterocycles. The molecule has 0 spiro atoms. The van der Waals surface area contributed by atoms with Crippen molar-refractivity contribution in [3.8, 4) is 5.75 Å². The van der Waals surface area contributed by atoms with Crippen molar-refractivity contribution >= 4 is 0 Å². The van der Waals surface area contributed by atoms with E-state index in [-0.39, 0.29) is 17.0 Å². The molecule has 2 heteroatoms. The Hall–Kier alpha value is -2.09. The average Bonchev–Trinajstić information content (AvgIpc) is 2.56. The van der Waals surface area contributed by atoms with Crippen LogP contribution in [0.25, 0.3) is 0 Å². The van der Waals surface area contributed by atoms with Gasteiger partial charge in [0.05, 0.1) is 0 Å². The number of benzene rings is 2. The number of phenolic OH excluding ortho intramolecular Hbond substituents is 1. The molecule has 2 aromatic carbocycles. The van der Waals surface area contributed by atoms with E-state index in [1.54, 1.807) is 24.3 Å². The monoisotopic (exact) mass is 310 g/mol. The summed E-state index contributed by atoms with van der Waals surface area (Å²) in [5.41, 5.74) is 2.76. The van der Waals surface area contributed by atoms with Crippen LogP contribution in [-0.4, -0.2) is 5.11 Å². The van der Waals surface area contributed by atoms with Gasteiger partial charge < -0.3 is 5.11 Å². The van der Waals surface area contributed by atoms with Crippen LogP contribution >= 0.6 is 0 Å². The van der Waals surface area contributed by atoms with Crippen molar-refractivity contribution in [2.45, 2.75) is 38.0 Å². The van der Waals surface area contributed by atoms with E-state index in [9.17, 15) is 9.50 Å². The molecule has 0 radical (unpaired) electrons. The molecule has 0 amide bonds. The fraction of sp³-hybridized carbons (Fsp3) is 0.333. The maximum absolute atomic E-state index is 14.6. The molecule has 1 aliphatic rings. The molecule has 0 aliphatic heterocycles. The topological polar surface area (TPSA) is 20.2 Å². The van der Waals surface area contributed by atoms with Gasteiger partial charge in [-0.3, -0.25) is 0 Å². The van der Waals surface area contributed by atoms with Crippen LogP contribution in [0.15, 0.2) is 60.7 Å². The molecule has 0 aromatic heterocycles. The number of aromatic hydroxyl groups is 1. The van der Waals surface area contributed by atoms with Gasteiger partial charge in [-0.1, -0.05) is 42.5 Å². The Morgan fingerprint density at radius 2 is 1.70 bits per heavy atom. The number of halogens is 1. The van der Waals surface area contributed by atoms with Crippen LogP contribution in [-0.2, 0) is 5.41 Å². The summed E-state index contributed by atoms with van der Waals surface area (Å²) in [5, 5.41) is 9.59. The van der Waals surface area contributed by atoms with Gasteiger partial charge in [-0.25, -0.2) is 4.39 Å². The van der Waals surface area contributed by atoms with E-state index in [4.69, 9.17) is 0 Å². The molecular formula is C21H23FO. The van der Waals surface area contributed by atoms with Crippen LogP contribution in [0, 0.1) is 11.7 Å². The number of rotatable bonds is 3. The Balaban J connectivity index is 2.06.